The fourth-order valence-electron chi connectivity index (χ4n) is 3.60. The van der Waals surface area contributed by atoms with Crippen LogP contribution >= 0.6 is 0 Å². The van der Waals surface area contributed by atoms with Gasteiger partial charge in [0.1, 0.15) is 0 Å². The Hall–Kier alpha value is -2.63. The number of hydrogen-bond donors (Lipinski definition) is 2. The van der Waals surface area contributed by atoms with E-state index in [2.05, 4.69) is 27.4 Å². The SMILES string of the molecule is Cc1nc(=O)[nH]c(C)c1CCC(=O)N1CCC[C@H](Nc2ccccc2)C1. The summed E-state index contributed by atoms with van der Waals surface area (Å²) in [5, 5.41) is 3.52. The molecule has 1 aromatic heterocycles. The van der Waals surface area contributed by atoms with Crippen LogP contribution < -0.4 is 11.0 Å². The van der Waals surface area contributed by atoms with E-state index in [9.17, 15) is 9.59 Å². The van der Waals surface area contributed by atoms with Crippen LogP contribution in [0, 0.1) is 13.8 Å². The maximum Gasteiger partial charge on any atom is 0.345 e. The highest BCUT2D eigenvalue weighted by Crippen LogP contribution is 2.18. The van der Waals surface area contributed by atoms with E-state index in [4.69, 9.17) is 0 Å². The third-order valence-corrected chi connectivity index (χ3v) is 4.96. The van der Waals surface area contributed by atoms with Crippen LogP contribution in [0.5, 0.6) is 0 Å². The van der Waals surface area contributed by atoms with Crippen LogP contribution in [0.1, 0.15) is 36.2 Å². The number of rotatable bonds is 5. The van der Waals surface area contributed by atoms with E-state index >= 15 is 0 Å². The van der Waals surface area contributed by atoms with Crippen LogP contribution in [0.15, 0.2) is 35.1 Å². The lowest BCUT2D eigenvalue weighted by Crippen LogP contribution is -2.45. The van der Waals surface area contributed by atoms with Crippen LogP contribution in [0.4, 0.5) is 5.69 Å². The molecule has 0 saturated carbocycles. The first kappa shape index (κ1) is 18.2. The van der Waals surface area contributed by atoms with Gasteiger partial charge in [-0.25, -0.2) is 4.79 Å². The summed E-state index contributed by atoms with van der Waals surface area (Å²) in [7, 11) is 0. The fourth-order valence-corrected chi connectivity index (χ4v) is 3.60. The maximum atomic E-state index is 12.7. The highest BCUT2D eigenvalue weighted by atomic mass is 16.2. The Bertz CT molecular complexity index is 790. The first-order valence-electron chi connectivity index (χ1n) is 9.18. The summed E-state index contributed by atoms with van der Waals surface area (Å²) < 4.78 is 0. The zero-order chi connectivity index (χ0) is 18.5. The average molecular weight is 354 g/mol. The van der Waals surface area contributed by atoms with Crippen molar-refractivity contribution >= 4 is 11.6 Å². The minimum atomic E-state index is -0.332. The fraction of sp³-hybridized carbons (Fsp3) is 0.450. The van der Waals surface area contributed by atoms with Gasteiger partial charge < -0.3 is 15.2 Å². The predicted molar refractivity (Wildman–Crippen MR) is 102 cm³/mol. The summed E-state index contributed by atoms with van der Waals surface area (Å²) in [5.41, 5.74) is 3.24. The molecule has 6 heteroatoms. The van der Waals surface area contributed by atoms with E-state index in [0.29, 0.717) is 18.5 Å². The summed E-state index contributed by atoms with van der Waals surface area (Å²) in [5.74, 6) is 0.162. The van der Waals surface area contributed by atoms with Crippen molar-refractivity contribution < 1.29 is 4.79 Å². The molecule has 1 aliphatic heterocycles. The Morgan fingerprint density at radius 3 is 2.81 bits per heavy atom. The Morgan fingerprint density at radius 1 is 1.31 bits per heavy atom. The zero-order valence-corrected chi connectivity index (χ0v) is 15.4. The van der Waals surface area contributed by atoms with Crippen molar-refractivity contribution in [1.82, 2.24) is 14.9 Å². The number of likely N-dealkylation sites (tertiary alicyclic amines) is 1. The van der Waals surface area contributed by atoms with Gasteiger partial charge in [0.05, 0.1) is 0 Å². The number of aromatic nitrogens is 2. The smallest absolute Gasteiger partial charge is 0.345 e. The van der Waals surface area contributed by atoms with Gasteiger partial charge in [-0.1, -0.05) is 18.2 Å². The molecule has 2 N–H and O–H groups in total. The molecule has 1 amide bonds. The third kappa shape index (κ3) is 4.50. The number of nitrogens with zero attached hydrogens (tertiary/aromatic N) is 2. The minimum Gasteiger partial charge on any atom is -0.381 e. The van der Waals surface area contributed by atoms with Crippen molar-refractivity contribution in [3.63, 3.8) is 0 Å². The molecule has 1 fully saturated rings. The Balaban J connectivity index is 1.57. The molecular formula is C20H26N4O2. The van der Waals surface area contributed by atoms with Gasteiger partial charge in [0.25, 0.3) is 0 Å². The monoisotopic (exact) mass is 354 g/mol. The van der Waals surface area contributed by atoms with Gasteiger partial charge in [-0.3, -0.25) is 4.79 Å². The minimum absolute atomic E-state index is 0.162. The number of hydrogen-bond acceptors (Lipinski definition) is 4. The van der Waals surface area contributed by atoms with Crippen molar-refractivity contribution in [2.45, 2.75) is 45.6 Å². The molecule has 138 valence electrons. The van der Waals surface area contributed by atoms with Gasteiger partial charge in [-0.15, -0.1) is 0 Å². The topological polar surface area (TPSA) is 78.1 Å². The molecule has 6 nitrogen and oxygen atoms in total. The number of anilines is 1. The molecule has 0 bridgehead atoms. The predicted octanol–water partition coefficient (Wildman–Crippen LogP) is 2.42. The molecule has 1 aliphatic rings. The van der Waals surface area contributed by atoms with E-state index in [1.54, 1.807) is 0 Å². The molecule has 2 heterocycles. The van der Waals surface area contributed by atoms with Gasteiger partial charge in [-0.05, 0) is 50.8 Å². The second-order valence-corrected chi connectivity index (χ2v) is 6.92. The van der Waals surface area contributed by atoms with Gasteiger partial charge in [0.15, 0.2) is 0 Å². The largest absolute Gasteiger partial charge is 0.381 e. The van der Waals surface area contributed by atoms with E-state index in [1.807, 2.05) is 36.9 Å². The Kier molecular flexibility index (Phi) is 5.71. The molecule has 0 radical (unpaired) electrons. The standard InChI is InChI=1S/C20H26N4O2/c1-14-18(15(2)22-20(26)21-14)10-11-19(25)24-12-6-9-17(13-24)23-16-7-4-3-5-8-16/h3-5,7-8,17,23H,6,9-13H2,1-2H3,(H,21,22,26)/t17-/m0/s1. The number of carbonyl (C=O) groups is 1. The number of para-hydroxylation sites is 1. The molecule has 0 unspecified atom stereocenters. The lowest BCUT2D eigenvalue weighted by molar-refractivity contribution is -0.132. The van der Waals surface area contributed by atoms with Crippen molar-refractivity contribution in [2.75, 3.05) is 18.4 Å². The molecule has 1 atom stereocenters. The van der Waals surface area contributed by atoms with Crippen LogP contribution in [-0.4, -0.2) is 39.9 Å². The van der Waals surface area contributed by atoms with Crippen molar-refractivity contribution in [2.24, 2.45) is 0 Å². The first-order chi connectivity index (χ1) is 12.5. The number of amides is 1. The highest BCUT2D eigenvalue weighted by molar-refractivity contribution is 5.76. The van der Waals surface area contributed by atoms with Gasteiger partial charge in [0.2, 0.25) is 5.91 Å². The summed E-state index contributed by atoms with van der Waals surface area (Å²) >= 11 is 0. The van der Waals surface area contributed by atoms with E-state index < -0.39 is 0 Å². The van der Waals surface area contributed by atoms with Crippen LogP contribution in [0.3, 0.4) is 0 Å². The summed E-state index contributed by atoms with van der Waals surface area (Å²) in [6.45, 7) is 5.22. The third-order valence-electron chi connectivity index (χ3n) is 4.96. The molecule has 2 aromatic rings. The summed E-state index contributed by atoms with van der Waals surface area (Å²) in [6, 6.07) is 10.4. The zero-order valence-electron chi connectivity index (χ0n) is 15.4. The second kappa shape index (κ2) is 8.17. The van der Waals surface area contributed by atoms with Crippen LogP contribution in [-0.2, 0) is 11.2 Å². The number of aryl methyl sites for hydroxylation is 2. The average Bonchev–Trinajstić information content (AvgIpc) is 2.61. The maximum absolute atomic E-state index is 12.7. The first-order valence-corrected chi connectivity index (χ1v) is 9.18. The van der Waals surface area contributed by atoms with E-state index in [-0.39, 0.29) is 17.6 Å². The van der Waals surface area contributed by atoms with Gasteiger partial charge in [-0.2, -0.15) is 4.98 Å². The lowest BCUT2D eigenvalue weighted by Gasteiger charge is -2.34. The molecule has 1 aromatic carbocycles. The normalized spacial score (nSPS) is 17.2. The number of nitrogens with one attached hydrogen (secondary N) is 2. The Labute approximate surface area is 153 Å². The number of carbonyl (C=O) groups excluding carboxylic acids is 1. The molecule has 3 rings (SSSR count). The molecule has 0 spiro atoms. The van der Waals surface area contributed by atoms with E-state index in [0.717, 1.165) is 42.9 Å². The number of aromatic amines is 1. The molecule has 1 saturated heterocycles. The van der Waals surface area contributed by atoms with Crippen LogP contribution in [0.2, 0.25) is 0 Å². The molecule has 26 heavy (non-hydrogen) atoms. The van der Waals surface area contributed by atoms with Crippen LogP contribution in [0.25, 0.3) is 0 Å². The van der Waals surface area contributed by atoms with Crippen molar-refractivity contribution in [3.8, 4) is 0 Å². The van der Waals surface area contributed by atoms with Crippen molar-refractivity contribution in [1.29, 1.82) is 0 Å². The Morgan fingerprint density at radius 2 is 2.08 bits per heavy atom. The second-order valence-electron chi connectivity index (χ2n) is 6.92. The summed E-state index contributed by atoms with van der Waals surface area (Å²) in [4.78, 5) is 32.7. The number of piperidine rings is 1. The quantitative estimate of drug-likeness (QED) is 0.864. The van der Waals surface area contributed by atoms with Crippen molar-refractivity contribution in [3.05, 3.63) is 57.8 Å². The van der Waals surface area contributed by atoms with E-state index in [1.165, 1.54) is 0 Å². The highest BCUT2D eigenvalue weighted by Gasteiger charge is 2.23. The molecular weight excluding hydrogens is 328 g/mol. The van der Waals surface area contributed by atoms with Gasteiger partial charge >= 0.3 is 5.69 Å². The number of benzene rings is 1. The lowest BCUT2D eigenvalue weighted by atomic mass is 10.0. The number of H-pyrrole nitrogens is 1. The molecule has 0 aliphatic carbocycles. The van der Waals surface area contributed by atoms with Gasteiger partial charge in [0, 0.05) is 42.6 Å². The summed E-state index contributed by atoms with van der Waals surface area (Å²) in [6.07, 6.45) is 3.12.